The number of fused-ring (bicyclic) bond motifs is 2. The van der Waals surface area contributed by atoms with Crippen LogP contribution in [0.15, 0.2) is 11.1 Å². The van der Waals surface area contributed by atoms with Crippen molar-refractivity contribution in [2.24, 2.45) is 29.1 Å². The Kier molecular flexibility index (Phi) is 5.31. The van der Waals surface area contributed by atoms with Gasteiger partial charge in [0, 0.05) is 10.2 Å². The van der Waals surface area contributed by atoms with E-state index < -0.39 is 0 Å². The maximum atomic E-state index is 3.96. The van der Waals surface area contributed by atoms with Gasteiger partial charge in [-0.2, -0.15) is 0 Å². The van der Waals surface area contributed by atoms with Crippen LogP contribution in [0.3, 0.4) is 0 Å². The lowest BCUT2D eigenvalue weighted by Gasteiger charge is -2.55. The van der Waals surface area contributed by atoms with E-state index in [0.717, 1.165) is 28.5 Å². The summed E-state index contributed by atoms with van der Waals surface area (Å²) in [7, 11) is 0. The fourth-order valence-electron chi connectivity index (χ4n) is 8.72. The molecule has 5 aliphatic carbocycles. The van der Waals surface area contributed by atoms with Crippen molar-refractivity contribution in [2.75, 3.05) is 0 Å². The number of rotatable bonds is 2. The Morgan fingerprint density at radius 1 is 0.615 bits per heavy atom. The van der Waals surface area contributed by atoms with Gasteiger partial charge < -0.3 is 0 Å². The van der Waals surface area contributed by atoms with Crippen LogP contribution in [-0.4, -0.2) is 4.83 Å². The van der Waals surface area contributed by atoms with Crippen LogP contribution in [-0.2, 0) is 0 Å². The smallest absolute Gasteiger partial charge is 0.0146 e. The fraction of sp³-hybridized carbons (Fsp3) is 0.920. The van der Waals surface area contributed by atoms with Crippen molar-refractivity contribution < 1.29 is 0 Å². The van der Waals surface area contributed by atoms with Crippen LogP contribution in [0, 0.1) is 29.1 Å². The Hall–Kier alpha value is 0.220. The topological polar surface area (TPSA) is 0 Å². The van der Waals surface area contributed by atoms with Gasteiger partial charge in [-0.1, -0.05) is 59.2 Å². The Bertz CT molecular complexity index is 534. The quantitative estimate of drug-likeness (QED) is 0.313. The number of hydrogen-bond donors (Lipinski definition) is 0. The lowest BCUT2D eigenvalue weighted by Crippen LogP contribution is -2.47. The van der Waals surface area contributed by atoms with Gasteiger partial charge in [0.1, 0.15) is 0 Å². The second-order valence-corrected chi connectivity index (χ2v) is 11.7. The molecule has 0 nitrogen and oxygen atoms in total. The van der Waals surface area contributed by atoms with Gasteiger partial charge in [-0.15, -0.1) is 0 Å². The molecule has 3 fully saturated rings. The van der Waals surface area contributed by atoms with Crippen molar-refractivity contribution in [1.29, 1.82) is 0 Å². The Morgan fingerprint density at radius 2 is 1.27 bits per heavy atom. The van der Waals surface area contributed by atoms with Crippen molar-refractivity contribution >= 4 is 15.9 Å². The molecule has 146 valence electrons. The molecule has 0 saturated heterocycles. The molecule has 0 aromatic carbocycles. The summed E-state index contributed by atoms with van der Waals surface area (Å²) < 4.78 is 0. The van der Waals surface area contributed by atoms with Gasteiger partial charge in [-0.3, -0.25) is 0 Å². The van der Waals surface area contributed by atoms with Crippen molar-refractivity contribution in [2.45, 2.75) is 114 Å². The van der Waals surface area contributed by atoms with E-state index in [0.29, 0.717) is 5.41 Å². The summed E-state index contributed by atoms with van der Waals surface area (Å²) in [6, 6.07) is 0. The molecule has 3 atom stereocenters. The van der Waals surface area contributed by atoms with E-state index in [1.165, 1.54) is 83.5 Å². The van der Waals surface area contributed by atoms with Crippen molar-refractivity contribution in [1.82, 2.24) is 0 Å². The standard InChI is InChI=1S/C25H39Br/c26-20-16-14-19(15-17-20)25(18-8-2-1-3-9-18)23-12-6-4-10-21(23)22-11-5-7-13-24(22)25/h18-21,23H,1-17H2. The summed E-state index contributed by atoms with van der Waals surface area (Å²) in [5.74, 6) is 4.14. The Morgan fingerprint density at radius 3 is 2.08 bits per heavy atom. The molecule has 5 rings (SSSR count). The van der Waals surface area contributed by atoms with Crippen LogP contribution >= 0.6 is 15.9 Å². The SMILES string of the molecule is BrC1CCC(C2(C3CCCCC3)C3=C(CCCC3)C3CCCCC32)CC1. The van der Waals surface area contributed by atoms with Gasteiger partial charge in [0.25, 0.3) is 0 Å². The normalized spacial score (nSPS) is 44.7. The van der Waals surface area contributed by atoms with Crippen LogP contribution in [0.5, 0.6) is 0 Å². The molecule has 1 heteroatoms. The van der Waals surface area contributed by atoms with Gasteiger partial charge >= 0.3 is 0 Å². The molecule has 5 aliphatic rings. The second kappa shape index (κ2) is 7.57. The first-order valence-corrected chi connectivity index (χ1v) is 13.1. The molecule has 3 saturated carbocycles. The monoisotopic (exact) mass is 418 g/mol. The maximum absolute atomic E-state index is 3.96. The summed E-state index contributed by atoms with van der Waals surface area (Å²) in [5, 5.41) is 0. The number of halogens is 1. The first kappa shape index (κ1) is 18.3. The highest BCUT2D eigenvalue weighted by Gasteiger charge is 2.60. The molecule has 0 N–H and O–H groups in total. The zero-order valence-corrected chi connectivity index (χ0v) is 18.4. The Balaban J connectivity index is 1.60. The number of allylic oxidation sites excluding steroid dienone is 2. The highest BCUT2D eigenvalue weighted by Crippen LogP contribution is 2.69. The molecular weight excluding hydrogens is 380 g/mol. The molecule has 0 aromatic rings. The fourth-order valence-corrected chi connectivity index (χ4v) is 9.25. The highest BCUT2D eigenvalue weighted by atomic mass is 79.9. The minimum atomic E-state index is 0.661. The van der Waals surface area contributed by atoms with Crippen LogP contribution < -0.4 is 0 Å². The third-order valence-corrected chi connectivity index (χ3v) is 10.4. The van der Waals surface area contributed by atoms with Crippen molar-refractivity contribution in [3.63, 3.8) is 0 Å². The van der Waals surface area contributed by atoms with Gasteiger partial charge in [0.2, 0.25) is 0 Å². The average Bonchev–Trinajstić information content (AvgIpc) is 3.01. The minimum Gasteiger partial charge on any atom is -0.0891 e. The van der Waals surface area contributed by atoms with E-state index in [1.807, 2.05) is 5.57 Å². The van der Waals surface area contributed by atoms with Gasteiger partial charge in [0.15, 0.2) is 0 Å². The largest absolute Gasteiger partial charge is 0.0891 e. The molecule has 0 aromatic heterocycles. The number of hydrogen-bond acceptors (Lipinski definition) is 0. The van der Waals surface area contributed by atoms with Crippen LogP contribution in [0.2, 0.25) is 0 Å². The summed E-state index contributed by atoms with van der Waals surface area (Å²) in [6.07, 6.45) is 25.8. The van der Waals surface area contributed by atoms with E-state index >= 15 is 0 Å². The van der Waals surface area contributed by atoms with Crippen LogP contribution in [0.4, 0.5) is 0 Å². The van der Waals surface area contributed by atoms with Crippen molar-refractivity contribution in [3.8, 4) is 0 Å². The summed E-state index contributed by atoms with van der Waals surface area (Å²) in [4.78, 5) is 0.811. The Labute approximate surface area is 170 Å². The summed E-state index contributed by atoms with van der Waals surface area (Å²) in [5.41, 5.74) is 4.81. The molecule has 3 unspecified atom stereocenters. The van der Waals surface area contributed by atoms with E-state index in [4.69, 9.17) is 0 Å². The molecular formula is C25H39Br. The molecule has 0 bridgehead atoms. The predicted molar refractivity (Wildman–Crippen MR) is 115 cm³/mol. The van der Waals surface area contributed by atoms with E-state index in [9.17, 15) is 0 Å². The second-order valence-electron chi connectivity index (χ2n) is 10.4. The first-order valence-electron chi connectivity index (χ1n) is 12.2. The predicted octanol–water partition coefficient (Wildman–Crippen LogP) is 8.20. The average molecular weight is 419 g/mol. The highest BCUT2D eigenvalue weighted by molar-refractivity contribution is 9.09. The van der Waals surface area contributed by atoms with Gasteiger partial charge in [-0.05, 0) is 101 Å². The number of alkyl halides is 1. The lowest BCUT2D eigenvalue weighted by atomic mass is 9.50. The van der Waals surface area contributed by atoms with E-state index in [-0.39, 0.29) is 0 Å². The third-order valence-electron chi connectivity index (χ3n) is 9.47. The lowest BCUT2D eigenvalue weighted by molar-refractivity contribution is -0.0175. The zero-order chi connectivity index (χ0) is 17.6. The molecule has 0 aliphatic heterocycles. The molecule has 0 amide bonds. The minimum absolute atomic E-state index is 0.661. The van der Waals surface area contributed by atoms with E-state index in [2.05, 4.69) is 21.5 Å². The molecule has 26 heavy (non-hydrogen) atoms. The van der Waals surface area contributed by atoms with Crippen molar-refractivity contribution in [3.05, 3.63) is 11.1 Å². The van der Waals surface area contributed by atoms with E-state index in [1.54, 1.807) is 25.7 Å². The molecule has 0 heterocycles. The first-order chi connectivity index (χ1) is 12.8. The zero-order valence-electron chi connectivity index (χ0n) is 16.8. The van der Waals surface area contributed by atoms with Crippen LogP contribution in [0.1, 0.15) is 109 Å². The van der Waals surface area contributed by atoms with Crippen LogP contribution in [0.25, 0.3) is 0 Å². The summed E-state index contributed by atoms with van der Waals surface area (Å²) in [6.45, 7) is 0. The van der Waals surface area contributed by atoms with Gasteiger partial charge in [0.05, 0.1) is 0 Å². The third kappa shape index (κ3) is 2.81. The molecule has 0 radical (unpaired) electrons. The maximum Gasteiger partial charge on any atom is 0.0146 e. The summed E-state index contributed by atoms with van der Waals surface area (Å²) >= 11 is 3.96. The molecule has 0 spiro atoms. The van der Waals surface area contributed by atoms with Gasteiger partial charge in [-0.25, -0.2) is 0 Å².